The van der Waals surface area contributed by atoms with Crippen molar-refractivity contribution in [3.8, 4) is 0 Å². The molecule has 100 valence electrons. The zero-order valence-corrected chi connectivity index (χ0v) is 12.0. The van der Waals surface area contributed by atoms with Gasteiger partial charge in [-0.1, -0.05) is 33.1 Å². The number of carbonyl (C=O) groups is 1. The van der Waals surface area contributed by atoms with E-state index in [-0.39, 0.29) is 0 Å². The maximum Gasteiger partial charge on any atom is 0.149 e. The van der Waals surface area contributed by atoms with Gasteiger partial charge in [-0.2, -0.15) is 0 Å². The van der Waals surface area contributed by atoms with Gasteiger partial charge >= 0.3 is 0 Å². The third kappa shape index (κ3) is 5.20. The van der Waals surface area contributed by atoms with Crippen LogP contribution in [0.15, 0.2) is 0 Å². The molecular weight excluding hydrogens is 210 g/mol. The van der Waals surface area contributed by atoms with Crippen LogP contribution in [0.5, 0.6) is 0 Å². The van der Waals surface area contributed by atoms with Crippen LogP contribution in [0.1, 0.15) is 59.8 Å². The Morgan fingerprint density at radius 2 is 1.71 bits per heavy atom. The SMILES string of the molecule is CC(C)CN(CC(=O)C1CCCCC1)C(C)C. The second kappa shape index (κ2) is 7.15. The normalized spacial score (nSPS) is 18.3. The van der Waals surface area contributed by atoms with Crippen molar-refractivity contribution in [3.63, 3.8) is 0 Å². The predicted octanol–water partition coefficient (Wildman–Crippen LogP) is 3.50. The van der Waals surface area contributed by atoms with Gasteiger partial charge in [-0.3, -0.25) is 9.69 Å². The predicted molar refractivity (Wildman–Crippen MR) is 73.1 cm³/mol. The highest BCUT2D eigenvalue weighted by atomic mass is 16.1. The van der Waals surface area contributed by atoms with Crippen LogP contribution in [0, 0.1) is 11.8 Å². The highest BCUT2D eigenvalue weighted by Gasteiger charge is 2.24. The lowest BCUT2D eigenvalue weighted by Crippen LogP contribution is -2.40. The molecule has 0 aromatic rings. The van der Waals surface area contributed by atoms with Gasteiger partial charge < -0.3 is 0 Å². The molecular formula is C15H29NO. The van der Waals surface area contributed by atoms with E-state index in [0.717, 1.165) is 19.4 Å². The third-order valence-electron chi connectivity index (χ3n) is 3.75. The Balaban J connectivity index is 2.44. The molecule has 0 aromatic carbocycles. The highest BCUT2D eigenvalue weighted by molar-refractivity contribution is 5.83. The highest BCUT2D eigenvalue weighted by Crippen LogP contribution is 2.24. The molecule has 0 spiro atoms. The van der Waals surface area contributed by atoms with Crippen molar-refractivity contribution in [1.82, 2.24) is 4.90 Å². The minimum atomic E-state index is 0.358. The van der Waals surface area contributed by atoms with Gasteiger partial charge in [-0.15, -0.1) is 0 Å². The molecule has 1 aliphatic rings. The molecule has 0 N–H and O–H groups in total. The van der Waals surface area contributed by atoms with Crippen molar-refractivity contribution in [3.05, 3.63) is 0 Å². The number of carbonyl (C=O) groups excluding carboxylic acids is 1. The molecule has 1 aliphatic carbocycles. The van der Waals surface area contributed by atoms with E-state index in [2.05, 4.69) is 32.6 Å². The van der Waals surface area contributed by atoms with E-state index in [1.54, 1.807) is 0 Å². The van der Waals surface area contributed by atoms with Gasteiger partial charge in [0.1, 0.15) is 5.78 Å². The van der Waals surface area contributed by atoms with Gasteiger partial charge in [-0.05, 0) is 32.6 Å². The van der Waals surface area contributed by atoms with Gasteiger partial charge in [0.2, 0.25) is 0 Å². The zero-order valence-electron chi connectivity index (χ0n) is 12.0. The van der Waals surface area contributed by atoms with Gasteiger partial charge in [0.05, 0.1) is 6.54 Å². The lowest BCUT2D eigenvalue weighted by molar-refractivity contribution is -0.125. The Hall–Kier alpha value is -0.370. The first-order valence-corrected chi connectivity index (χ1v) is 7.27. The van der Waals surface area contributed by atoms with E-state index >= 15 is 0 Å². The second-order valence-electron chi connectivity index (χ2n) is 6.22. The summed E-state index contributed by atoms with van der Waals surface area (Å²) in [6, 6.07) is 0.477. The smallest absolute Gasteiger partial charge is 0.149 e. The van der Waals surface area contributed by atoms with Crippen LogP contribution in [0.4, 0.5) is 0 Å². The van der Waals surface area contributed by atoms with Crippen molar-refractivity contribution in [2.75, 3.05) is 13.1 Å². The van der Waals surface area contributed by atoms with Crippen LogP contribution in [0.25, 0.3) is 0 Å². The van der Waals surface area contributed by atoms with Gasteiger partial charge in [0, 0.05) is 18.5 Å². The molecule has 0 bridgehead atoms. The minimum absolute atomic E-state index is 0.358. The van der Waals surface area contributed by atoms with Crippen LogP contribution >= 0.6 is 0 Å². The summed E-state index contributed by atoms with van der Waals surface area (Å²) in [5, 5.41) is 0. The molecule has 0 saturated heterocycles. The van der Waals surface area contributed by atoms with Gasteiger partial charge in [0.15, 0.2) is 0 Å². The van der Waals surface area contributed by atoms with Crippen molar-refractivity contribution in [1.29, 1.82) is 0 Å². The van der Waals surface area contributed by atoms with E-state index in [4.69, 9.17) is 0 Å². The summed E-state index contributed by atoms with van der Waals surface area (Å²) in [7, 11) is 0. The molecule has 1 saturated carbocycles. The summed E-state index contributed by atoms with van der Waals surface area (Å²) < 4.78 is 0. The molecule has 2 nitrogen and oxygen atoms in total. The first kappa shape index (κ1) is 14.7. The second-order valence-corrected chi connectivity index (χ2v) is 6.22. The van der Waals surface area contributed by atoms with Crippen LogP contribution in [0.2, 0.25) is 0 Å². The van der Waals surface area contributed by atoms with E-state index in [0.29, 0.717) is 30.2 Å². The standard InChI is InChI=1S/C15H29NO/c1-12(2)10-16(13(3)4)11-15(17)14-8-6-5-7-9-14/h12-14H,5-11H2,1-4H3. The minimum Gasteiger partial charge on any atom is -0.298 e. The molecule has 1 rings (SSSR count). The van der Waals surface area contributed by atoms with E-state index < -0.39 is 0 Å². The summed E-state index contributed by atoms with van der Waals surface area (Å²) in [5.74, 6) is 1.48. The first-order chi connectivity index (χ1) is 8.00. The average Bonchev–Trinajstić information content (AvgIpc) is 2.28. The van der Waals surface area contributed by atoms with E-state index in [1.807, 2.05) is 0 Å². The number of rotatable bonds is 6. The molecule has 2 heteroatoms. The van der Waals surface area contributed by atoms with Crippen LogP contribution in [-0.2, 0) is 4.79 Å². The maximum atomic E-state index is 12.3. The largest absolute Gasteiger partial charge is 0.298 e. The van der Waals surface area contributed by atoms with Crippen molar-refractivity contribution in [2.45, 2.75) is 65.8 Å². The number of hydrogen-bond donors (Lipinski definition) is 0. The fourth-order valence-corrected chi connectivity index (χ4v) is 2.68. The molecule has 17 heavy (non-hydrogen) atoms. The van der Waals surface area contributed by atoms with Crippen LogP contribution in [0.3, 0.4) is 0 Å². The number of ketones is 1. The molecule has 0 heterocycles. The van der Waals surface area contributed by atoms with Crippen molar-refractivity contribution in [2.24, 2.45) is 11.8 Å². The van der Waals surface area contributed by atoms with E-state index in [1.165, 1.54) is 19.3 Å². The monoisotopic (exact) mass is 239 g/mol. The molecule has 0 aromatic heterocycles. The molecule has 0 unspecified atom stereocenters. The quantitative estimate of drug-likeness (QED) is 0.707. The van der Waals surface area contributed by atoms with Gasteiger partial charge in [-0.25, -0.2) is 0 Å². The Bertz CT molecular complexity index is 229. The summed E-state index contributed by atoms with van der Waals surface area (Å²) >= 11 is 0. The van der Waals surface area contributed by atoms with Crippen LogP contribution in [-0.4, -0.2) is 29.8 Å². The summed E-state index contributed by atoms with van der Waals surface area (Å²) in [6.45, 7) is 10.5. The Morgan fingerprint density at radius 1 is 1.12 bits per heavy atom. The van der Waals surface area contributed by atoms with Crippen molar-refractivity contribution < 1.29 is 4.79 Å². The fraction of sp³-hybridized carbons (Fsp3) is 0.933. The molecule has 0 radical (unpaired) electrons. The number of hydrogen-bond acceptors (Lipinski definition) is 2. The zero-order chi connectivity index (χ0) is 12.8. The number of nitrogens with zero attached hydrogens (tertiary/aromatic N) is 1. The van der Waals surface area contributed by atoms with E-state index in [9.17, 15) is 4.79 Å². The molecule has 0 aliphatic heterocycles. The number of Topliss-reactive ketones (excluding diaryl/α,β-unsaturated/α-hetero) is 1. The summed E-state index contributed by atoms with van der Waals surface area (Å²) in [4.78, 5) is 14.6. The fourth-order valence-electron chi connectivity index (χ4n) is 2.68. The first-order valence-electron chi connectivity index (χ1n) is 7.27. The third-order valence-corrected chi connectivity index (χ3v) is 3.75. The van der Waals surface area contributed by atoms with Gasteiger partial charge in [0.25, 0.3) is 0 Å². The maximum absolute atomic E-state index is 12.3. The topological polar surface area (TPSA) is 20.3 Å². The molecule has 0 atom stereocenters. The Labute approximate surface area is 107 Å². The Kier molecular flexibility index (Phi) is 6.18. The molecule has 0 amide bonds. The summed E-state index contributed by atoms with van der Waals surface area (Å²) in [5.41, 5.74) is 0. The Morgan fingerprint density at radius 3 is 2.18 bits per heavy atom. The average molecular weight is 239 g/mol. The van der Waals surface area contributed by atoms with Crippen molar-refractivity contribution >= 4 is 5.78 Å². The molecule has 1 fully saturated rings. The van der Waals surface area contributed by atoms with Crippen LogP contribution < -0.4 is 0 Å². The summed E-state index contributed by atoms with van der Waals surface area (Å²) in [6.07, 6.45) is 6.09. The lowest BCUT2D eigenvalue weighted by Gasteiger charge is -2.30. The lowest BCUT2D eigenvalue weighted by atomic mass is 9.86.